The summed E-state index contributed by atoms with van der Waals surface area (Å²) in [6, 6.07) is 1.65. The minimum absolute atomic E-state index is 0.138. The number of urea groups is 1. The van der Waals surface area contributed by atoms with Gasteiger partial charge in [0.05, 0.1) is 11.3 Å². The first-order valence-corrected chi connectivity index (χ1v) is 5.79. The average Bonchev–Trinajstić information content (AvgIpc) is 2.37. The molecule has 1 aromatic carbocycles. The number of Topliss-reactive ketones (excluding diaryl/α,β-unsaturated/α-hetero) is 1. The van der Waals surface area contributed by atoms with Crippen molar-refractivity contribution in [2.45, 2.75) is 19.1 Å². The summed E-state index contributed by atoms with van der Waals surface area (Å²) in [7, 11) is 0. The third-order valence-electron chi connectivity index (χ3n) is 2.79. The maximum Gasteiger partial charge on any atom is 0.416 e. The molecule has 0 aliphatic carbocycles. The fourth-order valence-electron chi connectivity index (χ4n) is 1.77. The summed E-state index contributed by atoms with van der Waals surface area (Å²) in [5.74, 6) is -1.42. The second kappa shape index (κ2) is 5.17. The molecule has 1 saturated heterocycles. The Hall–Kier alpha value is -2.42. The van der Waals surface area contributed by atoms with Crippen molar-refractivity contribution in [3.63, 3.8) is 0 Å². The van der Waals surface area contributed by atoms with Crippen molar-refractivity contribution >= 4 is 23.4 Å². The number of hydrogen-bond acceptors (Lipinski definition) is 4. The van der Waals surface area contributed by atoms with Gasteiger partial charge >= 0.3 is 12.2 Å². The van der Waals surface area contributed by atoms with E-state index in [0.29, 0.717) is 5.01 Å². The fourth-order valence-corrected chi connectivity index (χ4v) is 1.77. The largest absolute Gasteiger partial charge is 0.416 e. The number of alkyl halides is 3. The molecule has 112 valence electrons. The van der Waals surface area contributed by atoms with Crippen molar-refractivity contribution in [1.29, 1.82) is 0 Å². The highest BCUT2D eigenvalue weighted by atomic mass is 19.4. The van der Waals surface area contributed by atoms with Gasteiger partial charge in [0.2, 0.25) is 0 Å². The first-order valence-electron chi connectivity index (χ1n) is 5.79. The number of carbonyl (C=O) groups excluding carboxylic acids is 3. The zero-order valence-electron chi connectivity index (χ0n) is 10.7. The first kappa shape index (κ1) is 15.0. The number of halogens is 3. The molecule has 1 unspecified atom stereocenters. The van der Waals surface area contributed by atoms with Crippen LogP contribution < -0.4 is 15.8 Å². The predicted molar refractivity (Wildman–Crippen MR) is 65.1 cm³/mol. The summed E-state index contributed by atoms with van der Waals surface area (Å²) >= 11 is 0. The number of amides is 3. The maximum absolute atomic E-state index is 12.7. The Morgan fingerprint density at radius 1 is 1.29 bits per heavy atom. The molecule has 0 spiro atoms. The lowest BCUT2D eigenvalue weighted by molar-refractivity contribution is -0.137. The molecule has 0 bridgehead atoms. The molecule has 3 amide bonds. The second-order valence-electron chi connectivity index (χ2n) is 4.35. The predicted octanol–water partition coefficient (Wildman–Crippen LogP) is 1.22. The van der Waals surface area contributed by atoms with E-state index in [9.17, 15) is 27.6 Å². The van der Waals surface area contributed by atoms with Crippen molar-refractivity contribution in [3.8, 4) is 0 Å². The van der Waals surface area contributed by atoms with E-state index in [4.69, 9.17) is 0 Å². The Morgan fingerprint density at radius 3 is 2.52 bits per heavy atom. The van der Waals surface area contributed by atoms with Gasteiger partial charge < -0.3 is 0 Å². The molecule has 1 aromatic rings. The normalized spacial score (nSPS) is 19.4. The van der Waals surface area contributed by atoms with E-state index in [1.165, 1.54) is 6.07 Å². The summed E-state index contributed by atoms with van der Waals surface area (Å²) in [5, 5.41) is 2.60. The molecular weight excluding hydrogens is 291 g/mol. The first-order chi connectivity index (χ1) is 9.70. The third kappa shape index (κ3) is 3.02. The minimum Gasteiger partial charge on any atom is -0.298 e. The lowest BCUT2D eigenvalue weighted by Crippen LogP contribution is -2.66. The van der Waals surface area contributed by atoms with Crippen LogP contribution >= 0.6 is 0 Å². The Balaban J connectivity index is 2.34. The number of hydrogen-bond donors (Lipinski definition) is 2. The highest BCUT2D eigenvalue weighted by molar-refractivity contribution is 6.15. The number of benzene rings is 1. The summed E-state index contributed by atoms with van der Waals surface area (Å²) in [5.41, 5.74) is 1.21. The van der Waals surface area contributed by atoms with Crippen LogP contribution in [0.15, 0.2) is 24.3 Å². The van der Waals surface area contributed by atoms with Crippen LogP contribution in [-0.4, -0.2) is 23.8 Å². The SMILES string of the molecule is CC(=O)C1NN(c2cccc(C(F)(F)F)c2)C(=O)NC1=O. The van der Waals surface area contributed by atoms with E-state index in [2.05, 4.69) is 5.43 Å². The van der Waals surface area contributed by atoms with Gasteiger partial charge in [-0.3, -0.25) is 14.9 Å². The van der Waals surface area contributed by atoms with Crippen LogP contribution in [0, 0.1) is 0 Å². The van der Waals surface area contributed by atoms with Gasteiger partial charge in [0.15, 0.2) is 11.8 Å². The zero-order chi connectivity index (χ0) is 15.8. The van der Waals surface area contributed by atoms with E-state index < -0.39 is 35.5 Å². The number of nitrogens with zero attached hydrogens (tertiary/aromatic N) is 1. The van der Waals surface area contributed by atoms with Crippen molar-refractivity contribution in [1.82, 2.24) is 10.7 Å². The van der Waals surface area contributed by atoms with E-state index in [1.54, 1.807) is 0 Å². The van der Waals surface area contributed by atoms with Crippen molar-refractivity contribution in [3.05, 3.63) is 29.8 Å². The lowest BCUT2D eigenvalue weighted by atomic mass is 10.1. The summed E-state index contributed by atoms with van der Waals surface area (Å²) < 4.78 is 38.0. The quantitative estimate of drug-likeness (QED) is 0.805. The summed E-state index contributed by atoms with van der Waals surface area (Å²) in [6.45, 7) is 1.12. The van der Waals surface area contributed by atoms with Crippen LogP contribution in [-0.2, 0) is 15.8 Å². The summed E-state index contributed by atoms with van der Waals surface area (Å²) in [4.78, 5) is 34.4. The lowest BCUT2D eigenvalue weighted by Gasteiger charge is -2.32. The molecule has 2 N–H and O–H groups in total. The van der Waals surface area contributed by atoms with Gasteiger partial charge in [0, 0.05) is 0 Å². The van der Waals surface area contributed by atoms with E-state index in [-0.39, 0.29) is 5.69 Å². The van der Waals surface area contributed by atoms with Crippen molar-refractivity contribution in [2.24, 2.45) is 0 Å². The smallest absolute Gasteiger partial charge is 0.298 e. The van der Waals surface area contributed by atoms with E-state index in [0.717, 1.165) is 25.1 Å². The van der Waals surface area contributed by atoms with Crippen LogP contribution in [0.2, 0.25) is 0 Å². The van der Waals surface area contributed by atoms with Gasteiger partial charge in [-0.2, -0.15) is 13.2 Å². The maximum atomic E-state index is 12.7. The highest BCUT2D eigenvalue weighted by Crippen LogP contribution is 2.31. The molecule has 1 heterocycles. The van der Waals surface area contributed by atoms with Gasteiger partial charge in [0.25, 0.3) is 5.91 Å². The number of ketones is 1. The number of anilines is 1. The number of nitrogens with one attached hydrogen (secondary N) is 2. The molecule has 2 rings (SSSR count). The molecule has 1 aliphatic rings. The molecular formula is C12H10F3N3O3. The molecule has 1 atom stereocenters. The molecule has 0 saturated carbocycles. The fraction of sp³-hybridized carbons (Fsp3) is 0.250. The number of hydrazine groups is 1. The van der Waals surface area contributed by atoms with Gasteiger partial charge in [-0.05, 0) is 25.1 Å². The van der Waals surface area contributed by atoms with Crippen LogP contribution in [0.3, 0.4) is 0 Å². The zero-order valence-corrected chi connectivity index (χ0v) is 10.7. The number of rotatable bonds is 2. The van der Waals surface area contributed by atoms with E-state index in [1.807, 2.05) is 5.32 Å². The molecule has 0 aromatic heterocycles. The Bertz CT molecular complexity index is 615. The molecule has 9 heteroatoms. The van der Waals surface area contributed by atoms with Gasteiger partial charge in [-0.15, -0.1) is 0 Å². The second-order valence-corrected chi connectivity index (χ2v) is 4.35. The van der Waals surface area contributed by atoms with Gasteiger partial charge in [-0.25, -0.2) is 15.2 Å². The minimum atomic E-state index is -4.57. The van der Waals surface area contributed by atoms with Crippen molar-refractivity contribution in [2.75, 3.05) is 5.01 Å². The van der Waals surface area contributed by atoms with Crippen LogP contribution in [0.4, 0.5) is 23.7 Å². The Kier molecular flexibility index (Phi) is 3.69. The molecule has 21 heavy (non-hydrogen) atoms. The van der Waals surface area contributed by atoms with Crippen LogP contribution in [0.25, 0.3) is 0 Å². The molecule has 1 fully saturated rings. The van der Waals surface area contributed by atoms with Crippen molar-refractivity contribution < 1.29 is 27.6 Å². The molecule has 6 nitrogen and oxygen atoms in total. The van der Waals surface area contributed by atoms with Gasteiger partial charge in [-0.1, -0.05) is 6.07 Å². The monoisotopic (exact) mass is 301 g/mol. The molecule has 1 aliphatic heterocycles. The Morgan fingerprint density at radius 2 is 1.95 bits per heavy atom. The number of imide groups is 1. The number of carbonyl (C=O) groups is 3. The third-order valence-corrected chi connectivity index (χ3v) is 2.79. The van der Waals surface area contributed by atoms with Crippen LogP contribution in [0.1, 0.15) is 12.5 Å². The van der Waals surface area contributed by atoms with E-state index >= 15 is 0 Å². The van der Waals surface area contributed by atoms with Crippen LogP contribution in [0.5, 0.6) is 0 Å². The standard InChI is InChI=1S/C12H10F3N3O3/c1-6(19)9-10(20)16-11(21)18(17-9)8-4-2-3-7(5-8)12(13,14)15/h2-5,9,17H,1H3,(H,16,20,21). The Labute approximate surface area is 116 Å². The highest BCUT2D eigenvalue weighted by Gasteiger charge is 2.36. The summed E-state index contributed by atoms with van der Waals surface area (Å²) in [6.07, 6.45) is -4.57. The topological polar surface area (TPSA) is 78.5 Å². The average molecular weight is 301 g/mol. The van der Waals surface area contributed by atoms with Gasteiger partial charge in [0.1, 0.15) is 0 Å². The molecule has 0 radical (unpaired) electrons.